The van der Waals surface area contributed by atoms with Gasteiger partial charge in [-0.15, -0.1) is 0 Å². The van der Waals surface area contributed by atoms with Crippen LogP contribution in [0.3, 0.4) is 0 Å². The number of ether oxygens (including phenoxy) is 1. The first-order valence-electron chi connectivity index (χ1n) is 4.96. The van der Waals surface area contributed by atoms with Crippen LogP contribution < -0.4 is 5.73 Å². The van der Waals surface area contributed by atoms with E-state index in [1.807, 2.05) is 0 Å². The van der Waals surface area contributed by atoms with Crippen LogP contribution in [0.5, 0.6) is 0 Å². The van der Waals surface area contributed by atoms with Crippen LogP contribution in [0.25, 0.3) is 0 Å². The number of alkyl halides is 1. The van der Waals surface area contributed by atoms with E-state index in [4.69, 9.17) is 10.5 Å². The minimum absolute atomic E-state index is 0.0356. The number of nitrogens with two attached hydrogens (primary N) is 1. The predicted molar refractivity (Wildman–Crippen MR) is 65.8 cm³/mol. The number of amides is 1. The van der Waals surface area contributed by atoms with Gasteiger partial charge < -0.3 is 0 Å². The molecule has 1 aliphatic heterocycles. The molecule has 0 radical (unpaired) electrons. The van der Waals surface area contributed by atoms with E-state index in [-0.39, 0.29) is 13.1 Å². The van der Waals surface area contributed by atoms with Gasteiger partial charge in [-0.1, -0.05) is 0 Å². The van der Waals surface area contributed by atoms with E-state index < -0.39 is 42.6 Å². The molecule has 0 aromatic rings. The van der Waals surface area contributed by atoms with Gasteiger partial charge in [0.25, 0.3) is 0 Å². The average Bonchev–Trinajstić information content (AvgIpc) is 2.44. The third-order valence-electron chi connectivity index (χ3n) is 2.15. The van der Waals surface area contributed by atoms with Crippen molar-refractivity contribution in [2.45, 2.75) is 36.3 Å². The first-order chi connectivity index (χ1) is 7.20. The van der Waals surface area contributed by atoms with E-state index >= 15 is 0 Å². The maximum atomic E-state index is 12.7. The Kier molecular flexibility index (Phi) is 4.33. The maximum absolute atomic E-state index is 12.7. The summed E-state index contributed by atoms with van der Waals surface area (Å²) >= 11 is -3.95. The van der Waals surface area contributed by atoms with Crippen LogP contribution in [-0.2, 0) is 4.74 Å². The van der Waals surface area contributed by atoms with Gasteiger partial charge in [-0.3, -0.25) is 0 Å². The van der Waals surface area contributed by atoms with E-state index in [2.05, 4.69) is 0 Å². The molecular weight excluding hydrogens is 333 g/mol. The van der Waals surface area contributed by atoms with Crippen molar-refractivity contribution < 1.29 is 15.3 Å². The van der Waals surface area contributed by atoms with Crippen molar-refractivity contribution in [3.63, 3.8) is 0 Å². The first kappa shape index (κ1) is 13.9. The Morgan fingerprint density at radius 1 is 1.44 bits per heavy atom. The van der Waals surface area contributed by atoms with E-state index in [1.54, 1.807) is 20.8 Å². The molecule has 0 aliphatic carbocycles. The van der Waals surface area contributed by atoms with Gasteiger partial charge in [0.2, 0.25) is 0 Å². The van der Waals surface area contributed by atoms with Crippen LogP contribution >= 0.6 is 21.0 Å². The summed E-state index contributed by atoms with van der Waals surface area (Å²) < 4.78 is 29.6. The number of halogens is 3. The fourth-order valence-electron chi connectivity index (χ4n) is 1.44. The molecule has 1 rings (SSSR count). The second kappa shape index (κ2) is 4.99. The van der Waals surface area contributed by atoms with Crippen LogP contribution in [0.15, 0.2) is 0 Å². The average molecular weight is 350 g/mol. The fraction of sp³-hybridized carbons (Fsp3) is 0.889. The summed E-state index contributed by atoms with van der Waals surface area (Å²) in [4.78, 5) is 12.9. The van der Waals surface area contributed by atoms with E-state index in [1.165, 1.54) is 4.90 Å². The normalized spacial score (nSPS) is 26.9. The summed E-state index contributed by atoms with van der Waals surface area (Å²) in [6.45, 7) is 5.42. The Morgan fingerprint density at radius 2 is 2.00 bits per heavy atom. The van der Waals surface area contributed by atoms with Crippen molar-refractivity contribution in [3.05, 3.63) is 0 Å². The standard InChI is InChI=1S/C9H17F2IN2O2/c1-9(2,3)16-8(15)14-4-6(12(10)11)7(13)5-14/h6-7H,4-5,13H2,1-3H3/t6-,7-/m0/s1. The van der Waals surface area contributed by atoms with E-state index in [0.29, 0.717) is 0 Å². The SMILES string of the molecule is CC(C)(C)OC(=O)N1C[C@H](N)[C@@H](I(F)F)C1. The molecule has 0 bridgehead atoms. The number of carbonyl (C=O) groups is 1. The van der Waals surface area contributed by atoms with Crippen LogP contribution in [0.1, 0.15) is 20.8 Å². The molecule has 2 N–H and O–H groups in total. The van der Waals surface area contributed by atoms with Crippen LogP contribution in [0.2, 0.25) is 0 Å². The second-order valence-electron chi connectivity index (χ2n) is 4.78. The number of hydrogen-bond acceptors (Lipinski definition) is 3. The summed E-state index contributed by atoms with van der Waals surface area (Å²) in [7, 11) is 0. The Hall–Kier alpha value is -0.180. The van der Waals surface area contributed by atoms with Gasteiger partial charge in [-0.05, 0) is 0 Å². The van der Waals surface area contributed by atoms with Gasteiger partial charge in [0, 0.05) is 0 Å². The van der Waals surface area contributed by atoms with Crippen molar-refractivity contribution in [2.75, 3.05) is 13.1 Å². The number of hydrogen-bond donors (Lipinski definition) is 1. The Morgan fingerprint density at radius 3 is 2.38 bits per heavy atom. The second-order valence-corrected chi connectivity index (χ2v) is 7.63. The van der Waals surface area contributed by atoms with Crippen molar-refractivity contribution in [1.82, 2.24) is 4.90 Å². The zero-order chi connectivity index (χ0) is 12.5. The molecule has 0 saturated carbocycles. The fourth-order valence-corrected chi connectivity index (χ4v) is 3.14. The zero-order valence-electron chi connectivity index (χ0n) is 9.54. The first-order valence-corrected chi connectivity index (χ1v) is 7.83. The topological polar surface area (TPSA) is 55.6 Å². The van der Waals surface area contributed by atoms with Crippen molar-refractivity contribution in [3.8, 4) is 0 Å². The third-order valence-corrected chi connectivity index (χ3v) is 4.68. The summed E-state index contributed by atoms with van der Waals surface area (Å²) in [5.41, 5.74) is 4.97. The summed E-state index contributed by atoms with van der Waals surface area (Å²) in [6.07, 6.45) is -0.553. The molecule has 4 nitrogen and oxygen atoms in total. The molecule has 0 spiro atoms. The minimum atomic E-state index is -3.95. The van der Waals surface area contributed by atoms with Crippen LogP contribution in [0, 0.1) is 0 Å². The molecule has 1 amide bonds. The van der Waals surface area contributed by atoms with Crippen LogP contribution in [0.4, 0.5) is 10.5 Å². The Balaban J connectivity index is 2.55. The van der Waals surface area contributed by atoms with Crippen molar-refractivity contribution >= 4 is 27.1 Å². The van der Waals surface area contributed by atoms with Gasteiger partial charge in [-0.2, -0.15) is 0 Å². The molecule has 1 aliphatic rings. The molecular formula is C9H17F2IN2O2. The third kappa shape index (κ3) is 3.69. The van der Waals surface area contributed by atoms with Gasteiger partial charge in [0.05, 0.1) is 0 Å². The molecule has 0 aromatic carbocycles. The molecule has 1 saturated heterocycles. The molecule has 16 heavy (non-hydrogen) atoms. The molecule has 2 atom stereocenters. The summed E-state index contributed by atoms with van der Waals surface area (Å²) in [6, 6.07) is -0.604. The summed E-state index contributed by atoms with van der Waals surface area (Å²) in [5.74, 6) is 0. The quantitative estimate of drug-likeness (QED) is 0.583. The molecule has 1 heterocycles. The molecule has 1 fully saturated rings. The Bertz CT molecular complexity index is 271. The number of nitrogens with zero attached hydrogens (tertiary/aromatic N) is 1. The van der Waals surface area contributed by atoms with E-state index in [0.717, 1.165) is 0 Å². The zero-order valence-corrected chi connectivity index (χ0v) is 11.7. The van der Waals surface area contributed by atoms with Gasteiger partial charge in [0.15, 0.2) is 0 Å². The van der Waals surface area contributed by atoms with Gasteiger partial charge in [0.1, 0.15) is 0 Å². The monoisotopic (exact) mass is 350 g/mol. The summed E-state index contributed by atoms with van der Waals surface area (Å²) in [5, 5.41) is 0. The Labute approximate surface area is 102 Å². The van der Waals surface area contributed by atoms with Crippen molar-refractivity contribution in [2.24, 2.45) is 5.73 Å². The van der Waals surface area contributed by atoms with Crippen LogP contribution in [-0.4, -0.2) is 39.7 Å². The van der Waals surface area contributed by atoms with Crippen molar-refractivity contribution in [1.29, 1.82) is 0 Å². The van der Waals surface area contributed by atoms with Gasteiger partial charge >= 0.3 is 102 Å². The van der Waals surface area contributed by atoms with E-state index in [9.17, 15) is 10.5 Å². The molecule has 0 unspecified atom stereocenters. The number of likely N-dealkylation sites (tertiary alicyclic amines) is 1. The van der Waals surface area contributed by atoms with Gasteiger partial charge in [-0.25, -0.2) is 0 Å². The number of carbonyl (C=O) groups excluding carboxylic acids is 1. The molecule has 7 heteroatoms. The molecule has 0 aromatic heterocycles. The predicted octanol–water partition coefficient (Wildman–Crippen LogP) is 2.21. The molecule has 96 valence electrons. The number of rotatable bonds is 1.